The van der Waals surface area contributed by atoms with E-state index in [0.717, 1.165) is 31.9 Å². The molecule has 4 heteroatoms. The van der Waals surface area contributed by atoms with Crippen LogP contribution in [-0.2, 0) is 17.8 Å². The molecule has 4 nitrogen and oxygen atoms in total. The summed E-state index contributed by atoms with van der Waals surface area (Å²) in [7, 11) is 3.84. The average molecular weight is 279 g/mol. The third-order valence-electron chi connectivity index (χ3n) is 3.34. The predicted octanol–water partition coefficient (Wildman–Crippen LogP) is 2.29. The van der Waals surface area contributed by atoms with Crippen molar-refractivity contribution in [2.75, 3.05) is 27.3 Å². The summed E-state index contributed by atoms with van der Waals surface area (Å²) in [5.74, 6) is 0.679. The first-order valence-corrected chi connectivity index (χ1v) is 7.36. The number of hydrogen-bond donors (Lipinski definition) is 1. The zero-order valence-corrected chi connectivity index (χ0v) is 13.5. The lowest BCUT2D eigenvalue weighted by atomic mass is 10.2. The van der Waals surface area contributed by atoms with Gasteiger partial charge in [0.15, 0.2) is 0 Å². The van der Waals surface area contributed by atoms with Gasteiger partial charge in [0.2, 0.25) is 0 Å². The maximum atomic E-state index is 5.17. The van der Waals surface area contributed by atoms with E-state index in [-0.39, 0.29) is 0 Å². The Balaban J connectivity index is 2.41. The van der Waals surface area contributed by atoms with Crippen molar-refractivity contribution in [1.82, 2.24) is 15.2 Å². The van der Waals surface area contributed by atoms with Crippen LogP contribution in [0.4, 0.5) is 0 Å². The molecule has 0 radical (unpaired) electrons. The number of methoxy groups -OCH3 is 1. The van der Waals surface area contributed by atoms with Crippen molar-refractivity contribution in [2.45, 2.75) is 39.9 Å². The number of rotatable bonds is 9. The Morgan fingerprint density at radius 3 is 2.60 bits per heavy atom. The van der Waals surface area contributed by atoms with Crippen LogP contribution >= 0.6 is 0 Å². The van der Waals surface area contributed by atoms with Crippen molar-refractivity contribution >= 4 is 0 Å². The first-order valence-electron chi connectivity index (χ1n) is 7.36. The van der Waals surface area contributed by atoms with E-state index in [4.69, 9.17) is 4.74 Å². The van der Waals surface area contributed by atoms with Gasteiger partial charge in [-0.15, -0.1) is 0 Å². The Morgan fingerprint density at radius 1 is 1.30 bits per heavy atom. The maximum Gasteiger partial charge on any atom is 0.0615 e. The highest BCUT2D eigenvalue weighted by Gasteiger charge is 2.09. The monoisotopic (exact) mass is 279 g/mol. The molecule has 0 amide bonds. The first kappa shape index (κ1) is 17.1. The zero-order chi connectivity index (χ0) is 15.0. The smallest absolute Gasteiger partial charge is 0.0615 e. The SMILES string of the molecule is COCC(C)N(C)Cc1ccc(CNCC(C)C)cn1. The number of likely N-dealkylation sites (N-methyl/N-ethyl adjacent to an activating group) is 1. The van der Waals surface area contributed by atoms with Crippen LogP contribution in [0.3, 0.4) is 0 Å². The van der Waals surface area contributed by atoms with E-state index in [1.54, 1.807) is 7.11 Å². The third kappa shape index (κ3) is 6.46. The molecule has 0 bridgehead atoms. The number of aromatic nitrogens is 1. The lowest BCUT2D eigenvalue weighted by molar-refractivity contribution is 0.111. The molecule has 0 aliphatic carbocycles. The van der Waals surface area contributed by atoms with Crippen molar-refractivity contribution in [3.8, 4) is 0 Å². The molecule has 1 rings (SSSR count). The molecular formula is C16H29N3O. The lowest BCUT2D eigenvalue weighted by Crippen LogP contribution is -2.32. The van der Waals surface area contributed by atoms with Gasteiger partial charge in [-0.25, -0.2) is 0 Å². The summed E-state index contributed by atoms with van der Waals surface area (Å²) in [6, 6.07) is 4.67. The highest BCUT2D eigenvalue weighted by molar-refractivity contribution is 5.14. The largest absolute Gasteiger partial charge is 0.383 e. The van der Waals surface area contributed by atoms with Crippen LogP contribution in [0.1, 0.15) is 32.0 Å². The summed E-state index contributed by atoms with van der Waals surface area (Å²) < 4.78 is 5.17. The number of nitrogens with zero attached hydrogens (tertiary/aromatic N) is 2. The number of ether oxygens (including phenoxy) is 1. The van der Waals surface area contributed by atoms with Crippen LogP contribution < -0.4 is 5.32 Å². The molecule has 1 aromatic rings. The van der Waals surface area contributed by atoms with Crippen LogP contribution in [0, 0.1) is 5.92 Å². The summed E-state index contributed by atoms with van der Waals surface area (Å²) in [6.07, 6.45) is 1.97. The molecule has 0 saturated heterocycles. The van der Waals surface area contributed by atoms with Crippen LogP contribution in [0.5, 0.6) is 0 Å². The van der Waals surface area contributed by atoms with Crippen LogP contribution in [-0.4, -0.2) is 43.2 Å². The van der Waals surface area contributed by atoms with E-state index in [1.165, 1.54) is 5.56 Å². The van der Waals surface area contributed by atoms with E-state index in [9.17, 15) is 0 Å². The van der Waals surface area contributed by atoms with E-state index in [0.29, 0.717) is 12.0 Å². The van der Waals surface area contributed by atoms with Crippen LogP contribution in [0.15, 0.2) is 18.3 Å². The van der Waals surface area contributed by atoms with Gasteiger partial charge in [-0.1, -0.05) is 19.9 Å². The maximum absolute atomic E-state index is 5.17. The van der Waals surface area contributed by atoms with E-state index >= 15 is 0 Å². The van der Waals surface area contributed by atoms with Gasteiger partial charge in [0, 0.05) is 32.4 Å². The Kier molecular flexibility index (Phi) is 7.73. The summed E-state index contributed by atoms with van der Waals surface area (Å²) in [4.78, 5) is 6.79. The standard InChI is InChI=1S/C16H29N3O/c1-13(2)8-17-9-15-6-7-16(18-10-15)11-19(4)14(3)12-20-5/h6-7,10,13-14,17H,8-9,11-12H2,1-5H3. The third-order valence-corrected chi connectivity index (χ3v) is 3.34. The molecule has 1 aromatic heterocycles. The van der Waals surface area contributed by atoms with Crippen LogP contribution in [0.25, 0.3) is 0 Å². The summed E-state index contributed by atoms with van der Waals surface area (Å²) >= 11 is 0. The first-order chi connectivity index (χ1) is 9.52. The molecule has 0 aromatic carbocycles. The fourth-order valence-corrected chi connectivity index (χ4v) is 1.94. The summed E-state index contributed by atoms with van der Waals surface area (Å²) in [5.41, 5.74) is 2.34. The summed E-state index contributed by atoms with van der Waals surface area (Å²) in [6.45, 7) is 10.1. The van der Waals surface area contributed by atoms with Gasteiger partial charge in [0.25, 0.3) is 0 Å². The van der Waals surface area contributed by atoms with Gasteiger partial charge in [0.05, 0.1) is 12.3 Å². The molecule has 20 heavy (non-hydrogen) atoms. The Hall–Kier alpha value is -0.970. The van der Waals surface area contributed by atoms with E-state index in [1.807, 2.05) is 6.20 Å². The highest BCUT2D eigenvalue weighted by Crippen LogP contribution is 2.06. The fraction of sp³-hybridized carbons (Fsp3) is 0.688. The molecule has 0 fully saturated rings. The summed E-state index contributed by atoms with van der Waals surface area (Å²) in [5, 5.41) is 3.43. The van der Waals surface area contributed by atoms with Gasteiger partial charge in [-0.05, 0) is 38.1 Å². The van der Waals surface area contributed by atoms with Crippen LogP contribution in [0.2, 0.25) is 0 Å². The van der Waals surface area contributed by atoms with Crippen molar-refractivity contribution < 1.29 is 4.74 Å². The van der Waals surface area contributed by atoms with E-state index in [2.05, 4.69) is 55.2 Å². The van der Waals surface area contributed by atoms with Crippen molar-refractivity contribution in [2.24, 2.45) is 5.92 Å². The molecule has 0 spiro atoms. The second kappa shape index (κ2) is 9.06. The highest BCUT2D eigenvalue weighted by atomic mass is 16.5. The quantitative estimate of drug-likeness (QED) is 0.752. The second-order valence-electron chi connectivity index (χ2n) is 5.90. The molecule has 0 saturated carbocycles. The predicted molar refractivity (Wildman–Crippen MR) is 83.6 cm³/mol. The van der Waals surface area contributed by atoms with Gasteiger partial charge < -0.3 is 10.1 Å². The van der Waals surface area contributed by atoms with E-state index < -0.39 is 0 Å². The lowest BCUT2D eigenvalue weighted by Gasteiger charge is -2.23. The van der Waals surface area contributed by atoms with Crippen molar-refractivity contribution in [3.05, 3.63) is 29.6 Å². The molecule has 0 aliphatic heterocycles. The number of pyridine rings is 1. The molecule has 1 heterocycles. The average Bonchev–Trinajstić information content (AvgIpc) is 2.40. The number of nitrogens with one attached hydrogen (secondary N) is 1. The van der Waals surface area contributed by atoms with Gasteiger partial charge in [-0.3, -0.25) is 9.88 Å². The normalized spacial score (nSPS) is 13.2. The Bertz CT molecular complexity index is 364. The number of hydrogen-bond acceptors (Lipinski definition) is 4. The van der Waals surface area contributed by atoms with Crippen molar-refractivity contribution in [1.29, 1.82) is 0 Å². The zero-order valence-electron chi connectivity index (χ0n) is 13.5. The van der Waals surface area contributed by atoms with Crippen molar-refractivity contribution in [3.63, 3.8) is 0 Å². The molecule has 0 aliphatic rings. The molecular weight excluding hydrogens is 250 g/mol. The molecule has 1 unspecified atom stereocenters. The minimum atomic E-state index is 0.397. The van der Waals surface area contributed by atoms with Gasteiger partial charge >= 0.3 is 0 Å². The Labute approximate surface area is 123 Å². The van der Waals surface area contributed by atoms with Gasteiger partial charge in [-0.2, -0.15) is 0 Å². The fourth-order valence-electron chi connectivity index (χ4n) is 1.94. The Morgan fingerprint density at radius 2 is 2.05 bits per heavy atom. The molecule has 1 atom stereocenters. The molecule has 114 valence electrons. The van der Waals surface area contributed by atoms with Gasteiger partial charge in [0.1, 0.15) is 0 Å². The second-order valence-corrected chi connectivity index (χ2v) is 5.90. The minimum absolute atomic E-state index is 0.397. The molecule has 1 N–H and O–H groups in total. The topological polar surface area (TPSA) is 37.4 Å². The minimum Gasteiger partial charge on any atom is -0.383 e.